The minimum atomic E-state index is -4.53. The van der Waals surface area contributed by atoms with Crippen LogP contribution in [0.5, 0.6) is 0 Å². The molecule has 1 amide bonds. The van der Waals surface area contributed by atoms with Crippen LogP contribution in [0.4, 0.5) is 24.5 Å². The molecule has 0 unspecified atom stereocenters. The van der Waals surface area contributed by atoms with E-state index in [2.05, 4.69) is 5.32 Å². The van der Waals surface area contributed by atoms with Gasteiger partial charge in [0.05, 0.1) is 17.5 Å². The highest BCUT2D eigenvalue weighted by molar-refractivity contribution is 7.92. The maximum Gasteiger partial charge on any atom is 0.416 e. The summed E-state index contributed by atoms with van der Waals surface area (Å²) in [4.78, 5) is 12.1. The molecular weight excluding hydrogens is 357 g/mol. The van der Waals surface area contributed by atoms with Crippen LogP contribution in [0.15, 0.2) is 54.6 Å². The minimum absolute atomic E-state index is 0.0290. The van der Waals surface area contributed by atoms with Crippen molar-refractivity contribution < 1.29 is 26.4 Å². The molecule has 134 valence electrons. The van der Waals surface area contributed by atoms with Gasteiger partial charge in [-0.15, -0.1) is 0 Å². The van der Waals surface area contributed by atoms with Crippen LogP contribution >= 0.6 is 0 Å². The van der Waals surface area contributed by atoms with E-state index in [1.807, 2.05) is 0 Å². The van der Waals surface area contributed by atoms with Gasteiger partial charge in [-0.25, -0.2) is 8.42 Å². The molecule has 0 aliphatic heterocycles. The van der Waals surface area contributed by atoms with E-state index in [1.165, 1.54) is 0 Å². The molecule has 0 bridgehead atoms. The lowest BCUT2D eigenvalue weighted by molar-refractivity contribution is -0.137. The first-order chi connectivity index (χ1) is 11.6. The highest BCUT2D eigenvalue weighted by atomic mass is 32.2. The van der Waals surface area contributed by atoms with Crippen LogP contribution in [0.3, 0.4) is 0 Å². The molecule has 2 aromatic rings. The molecule has 0 radical (unpaired) electrons. The number of carbonyl (C=O) groups is 1. The third kappa shape index (κ3) is 5.21. The molecule has 0 heterocycles. The van der Waals surface area contributed by atoms with Gasteiger partial charge >= 0.3 is 6.18 Å². The molecule has 1 N–H and O–H groups in total. The number of nitrogens with one attached hydrogen (secondary N) is 1. The second-order valence-electron chi connectivity index (χ2n) is 5.23. The van der Waals surface area contributed by atoms with Crippen molar-refractivity contribution in [2.45, 2.75) is 6.18 Å². The molecule has 0 atom stereocenters. The third-order valence-corrected chi connectivity index (χ3v) is 4.37. The zero-order valence-electron chi connectivity index (χ0n) is 13.1. The normalized spacial score (nSPS) is 11.8. The summed E-state index contributed by atoms with van der Waals surface area (Å²) in [5.74, 6) is -0.614. The average Bonchev–Trinajstić information content (AvgIpc) is 2.52. The molecule has 0 saturated carbocycles. The van der Waals surface area contributed by atoms with E-state index in [1.54, 1.807) is 30.3 Å². The third-order valence-electron chi connectivity index (χ3n) is 3.23. The molecule has 5 nitrogen and oxygen atoms in total. The van der Waals surface area contributed by atoms with Crippen molar-refractivity contribution >= 4 is 27.3 Å². The Bertz CT molecular complexity index is 835. The first-order valence-corrected chi connectivity index (χ1v) is 8.92. The monoisotopic (exact) mass is 372 g/mol. The van der Waals surface area contributed by atoms with E-state index in [0.717, 1.165) is 34.8 Å². The summed E-state index contributed by atoms with van der Waals surface area (Å²) in [6.07, 6.45) is -3.65. The van der Waals surface area contributed by atoms with E-state index in [0.29, 0.717) is 5.69 Å². The molecule has 25 heavy (non-hydrogen) atoms. The fourth-order valence-electron chi connectivity index (χ4n) is 2.07. The Balaban J connectivity index is 2.21. The highest BCUT2D eigenvalue weighted by Crippen LogP contribution is 2.30. The Kier molecular flexibility index (Phi) is 5.36. The Labute approximate surface area is 143 Å². The summed E-state index contributed by atoms with van der Waals surface area (Å²) in [6, 6.07) is 12.0. The van der Waals surface area contributed by atoms with Gasteiger partial charge in [-0.2, -0.15) is 13.2 Å². The largest absolute Gasteiger partial charge is 0.416 e. The predicted molar refractivity (Wildman–Crippen MR) is 88.7 cm³/mol. The van der Waals surface area contributed by atoms with Crippen LogP contribution < -0.4 is 9.62 Å². The lowest BCUT2D eigenvalue weighted by Crippen LogP contribution is -2.37. The number of carbonyl (C=O) groups excluding carboxylic acids is 1. The number of anilines is 2. The molecule has 9 heteroatoms. The van der Waals surface area contributed by atoms with Crippen LogP contribution in [-0.2, 0) is 21.0 Å². The van der Waals surface area contributed by atoms with Gasteiger partial charge < -0.3 is 5.32 Å². The van der Waals surface area contributed by atoms with Crippen molar-refractivity contribution in [1.29, 1.82) is 0 Å². The number of benzene rings is 2. The van der Waals surface area contributed by atoms with Crippen LogP contribution in [0, 0.1) is 0 Å². The number of para-hydroxylation sites is 1. The summed E-state index contributed by atoms with van der Waals surface area (Å²) < 4.78 is 62.4. The Morgan fingerprint density at radius 1 is 1.04 bits per heavy atom. The first-order valence-electron chi connectivity index (χ1n) is 7.07. The smallest absolute Gasteiger partial charge is 0.325 e. The van der Waals surface area contributed by atoms with Gasteiger partial charge in [-0.05, 0) is 36.4 Å². The highest BCUT2D eigenvalue weighted by Gasteiger charge is 2.30. The summed E-state index contributed by atoms with van der Waals surface area (Å²) in [7, 11) is -3.86. The Morgan fingerprint density at radius 3 is 2.08 bits per heavy atom. The number of hydrogen-bond acceptors (Lipinski definition) is 3. The zero-order chi connectivity index (χ0) is 18.7. The molecule has 0 saturated heterocycles. The summed E-state index contributed by atoms with van der Waals surface area (Å²) >= 11 is 0. The van der Waals surface area contributed by atoms with E-state index in [-0.39, 0.29) is 5.69 Å². The lowest BCUT2D eigenvalue weighted by Gasteiger charge is -2.22. The zero-order valence-corrected chi connectivity index (χ0v) is 13.9. The number of alkyl halides is 3. The molecule has 0 fully saturated rings. The number of hydrogen-bond donors (Lipinski definition) is 1. The second-order valence-corrected chi connectivity index (χ2v) is 7.14. The standard InChI is InChI=1S/C16H15F3N2O3S/c1-25(23,24)21(11-15(22)20-13-5-3-2-4-6-13)14-9-7-12(8-10-14)16(17,18)19/h2-10H,11H2,1H3,(H,20,22). The number of amides is 1. The number of rotatable bonds is 5. The maximum atomic E-state index is 12.6. The predicted octanol–water partition coefficient (Wildman–Crippen LogP) is 3.11. The van der Waals surface area contributed by atoms with Gasteiger partial charge in [0, 0.05) is 5.69 Å². The summed E-state index contributed by atoms with van der Waals surface area (Å²) in [5, 5.41) is 2.52. The van der Waals surface area contributed by atoms with Gasteiger partial charge in [-0.3, -0.25) is 9.10 Å². The van der Waals surface area contributed by atoms with Crippen LogP contribution in [-0.4, -0.2) is 27.1 Å². The summed E-state index contributed by atoms with van der Waals surface area (Å²) in [6.45, 7) is -0.556. The van der Waals surface area contributed by atoms with Gasteiger partial charge in [0.15, 0.2) is 0 Å². The molecule has 0 aromatic heterocycles. The van der Waals surface area contributed by atoms with Crippen molar-refractivity contribution in [3.8, 4) is 0 Å². The lowest BCUT2D eigenvalue weighted by atomic mass is 10.2. The van der Waals surface area contributed by atoms with Crippen molar-refractivity contribution in [3.05, 3.63) is 60.2 Å². The quantitative estimate of drug-likeness (QED) is 0.877. The maximum absolute atomic E-state index is 12.6. The van der Waals surface area contributed by atoms with E-state index in [9.17, 15) is 26.4 Å². The van der Waals surface area contributed by atoms with Crippen molar-refractivity contribution in [3.63, 3.8) is 0 Å². The van der Waals surface area contributed by atoms with Crippen molar-refractivity contribution in [2.24, 2.45) is 0 Å². The molecule has 0 aliphatic carbocycles. The first kappa shape index (κ1) is 18.8. The van der Waals surface area contributed by atoms with E-state index in [4.69, 9.17) is 0 Å². The van der Waals surface area contributed by atoms with Crippen LogP contribution in [0.2, 0.25) is 0 Å². The fraction of sp³-hybridized carbons (Fsp3) is 0.188. The Morgan fingerprint density at radius 2 is 1.60 bits per heavy atom. The second kappa shape index (κ2) is 7.14. The van der Waals surface area contributed by atoms with Gasteiger partial charge in [-0.1, -0.05) is 18.2 Å². The van der Waals surface area contributed by atoms with Gasteiger partial charge in [0.25, 0.3) is 0 Å². The van der Waals surface area contributed by atoms with Crippen molar-refractivity contribution in [1.82, 2.24) is 0 Å². The van der Waals surface area contributed by atoms with E-state index >= 15 is 0 Å². The number of sulfonamides is 1. The molecule has 2 aromatic carbocycles. The van der Waals surface area contributed by atoms with Crippen LogP contribution in [0.1, 0.15) is 5.56 Å². The molecule has 0 spiro atoms. The fourth-order valence-corrected chi connectivity index (χ4v) is 2.93. The van der Waals surface area contributed by atoms with Gasteiger partial charge in [0.2, 0.25) is 15.9 Å². The molecular formula is C16H15F3N2O3S. The number of halogens is 3. The average molecular weight is 372 g/mol. The molecule has 2 rings (SSSR count). The number of nitrogens with zero attached hydrogens (tertiary/aromatic N) is 1. The minimum Gasteiger partial charge on any atom is -0.325 e. The SMILES string of the molecule is CS(=O)(=O)N(CC(=O)Nc1ccccc1)c1ccc(C(F)(F)F)cc1. The van der Waals surface area contributed by atoms with Crippen LogP contribution in [0.25, 0.3) is 0 Å². The Hall–Kier alpha value is -2.55. The van der Waals surface area contributed by atoms with E-state index < -0.39 is 34.2 Å². The topological polar surface area (TPSA) is 66.5 Å². The molecule has 0 aliphatic rings. The van der Waals surface area contributed by atoms with Gasteiger partial charge in [0.1, 0.15) is 6.54 Å². The van der Waals surface area contributed by atoms with Crippen molar-refractivity contribution in [2.75, 3.05) is 22.4 Å². The summed E-state index contributed by atoms with van der Waals surface area (Å²) in [5.41, 5.74) is -0.453.